The van der Waals surface area contributed by atoms with Gasteiger partial charge in [0.2, 0.25) is 0 Å². The first-order chi connectivity index (χ1) is 6.68. The third-order valence-corrected chi connectivity index (χ3v) is 2.53. The van der Waals surface area contributed by atoms with Gasteiger partial charge in [0.15, 0.2) is 0 Å². The van der Waals surface area contributed by atoms with Crippen molar-refractivity contribution < 1.29 is 4.74 Å². The Morgan fingerprint density at radius 1 is 1.50 bits per heavy atom. The summed E-state index contributed by atoms with van der Waals surface area (Å²) in [5, 5.41) is 3.44. The maximum atomic E-state index is 5.56. The van der Waals surface area contributed by atoms with Gasteiger partial charge >= 0.3 is 0 Å². The summed E-state index contributed by atoms with van der Waals surface area (Å²) in [6.45, 7) is 13.1. The SMILES string of the molecule is CC1CNCCN(CCOC(C)C)C1. The van der Waals surface area contributed by atoms with E-state index in [4.69, 9.17) is 4.74 Å². The van der Waals surface area contributed by atoms with Gasteiger partial charge in [-0.15, -0.1) is 0 Å². The highest BCUT2D eigenvalue weighted by atomic mass is 16.5. The lowest BCUT2D eigenvalue weighted by Crippen LogP contribution is -2.33. The second-order valence-electron chi connectivity index (χ2n) is 4.53. The number of nitrogens with zero attached hydrogens (tertiary/aromatic N) is 1. The van der Waals surface area contributed by atoms with Crippen LogP contribution in [0.4, 0.5) is 0 Å². The molecule has 1 atom stereocenters. The normalized spacial score (nSPS) is 25.3. The second-order valence-corrected chi connectivity index (χ2v) is 4.53. The van der Waals surface area contributed by atoms with E-state index in [1.807, 2.05) is 0 Å². The summed E-state index contributed by atoms with van der Waals surface area (Å²) in [5.41, 5.74) is 0. The molecule has 3 nitrogen and oxygen atoms in total. The van der Waals surface area contributed by atoms with Gasteiger partial charge in [0, 0.05) is 26.2 Å². The molecule has 0 spiro atoms. The molecule has 0 radical (unpaired) electrons. The molecule has 1 aliphatic rings. The maximum absolute atomic E-state index is 5.56. The Kier molecular flexibility index (Phi) is 5.45. The Balaban J connectivity index is 2.15. The smallest absolute Gasteiger partial charge is 0.0596 e. The Morgan fingerprint density at radius 3 is 3.00 bits per heavy atom. The first-order valence-corrected chi connectivity index (χ1v) is 5.73. The second kappa shape index (κ2) is 6.38. The van der Waals surface area contributed by atoms with Crippen molar-refractivity contribution in [3.63, 3.8) is 0 Å². The van der Waals surface area contributed by atoms with E-state index in [0.29, 0.717) is 6.10 Å². The van der Waals surface area contributed by atoms with Gasteiger partial charge in [-0.3, -0.25) is 4.90 Å². The average molecular weight is 200 g/mol. The van der Waals surface area contributed by atoms with Gasteiger partial charge in [0.05, 0.1) is 12.7 Å². The van der Waals surface area contributed by atoms with Crippen LogP contribution in [0.25, 0.3) is 0 Å². The quantitative estimate of drug-likeness (QED) is 0.731. The van der Waals surface area contributed by atoms with E-state index in [9.17, 15) is 0 Å². The van der Waals surface area contributed by atoms with E-state index in [-0.39, 0.29) is 0 Å². The van der Waals surface area contributed by atoms with Gasteiger partial charge in [0.1, 0.15) is 0 Å². The summed E-state index contributed by atoms with van der Waals surface area (Å²) in [7, 11) is 0. The molecule has 0 saturated carbocycles. The lowest BCUT2D eigenvalue weighted by atomic mass is 10.2. The Morgan fingerprint density at radius 2 is 2.29 bits per heavy atom. The van der Waals surface area contributed by atoms with Crippen molar-refractivity contribution >= 4 is 0 Å². The molecule has 0 bridgehead atoms. The zero-order valence-electron chi connectivity index (χ0n) is 9.75. The molecule has 1 N–H and O–H groups in total. The van der Waals surface area contributed by atoms with Gasteiger partial charge in [-0.05, 0) is 26.3 Å². The molecule has 14 heavy (non-hydrogen) atoms. The van der Waals surface area contributed by atoms with Crippen LogP contribution in [0.1, 0.15) is 20.8 Å². The van der Waals surface area contributed by atoms with Crippen LogP contribution in [-0.2, 0) is 4.74 Å². The first-order valence-electron chi connectivity index (χ1n) is 5.73. The van der Waals surface area contributed by atoms with Crippen LogP contribution in [0, 0.1) is 5.92 Å². The molecular formula is C11H24N2O. The largest absolute Gasteiger partial charge is 0.377 e. The van der Waals surface area contributed by atoms with Crippen LogP contribution in [0.2, 0.25) is 0 Å². The minimum atomic E-state index is 0.359. The first kappa shape index (κ1) is 12.0. The zero-order valence-corrected chi connectivity index (χ0v) is 9.75. The van der Waals surface area contributed by atoms with Crippen LogP contribution in [0.3, 0.4) is 0 Å². The molecule has 0 aliphatic carbocycles. The number of hydrogen-bond donors (Lipinski definition) is 1. The lowest BCUT2D eigenvalue weighted by molar-refractivity contribution is 0.0584. The van der Waals surface area contributed by atoms with Crippen LogP contribution in [0.15, 0.2) is 0 Å². The van der Waals surface area contributed by atoms with Crippen molar-refractivity contribution in [3.8, 4) is 0 Å². The molecule has 1 fully saturated rings. The highest BCUT2D eigenvalue weighted by Crippen LogP contribution is 2.02. The number of nitrogens with one attached hydrogen (secondary N) is 1. The van der Waals surface area contributed by atoms with E-state index < -0.39 is 0 Å². The number of rotatable bonds is 4. The summed E-state index contributed by atoms with van der Waals surface area (Å²) in [6, 6.07) is 0. The summed E-state index contributed by atoms with van der Waals surface area (Å²) >= 11 is 0. The average Bonchev–Trinajstić information content (AvgIpc) is 2.29. The summed E-state index contributed by atoms with van der Waals surface area (Å²) < 4.78 is 5.56. The van der Waals surface area contributed by atoms with Crippen LogP contribution in [0.5, 0.6) is 0 Å². The molecule has 0 amide bonds. The highest BCUT2D eigenvalue weighted by Gasteiger charge is 2.13. The molecule has 1 unspecified atom stereocenters. The van der Waals surface area contributed by atoms with Crippen LogP contribution >= 0.6 is 0 Å². The summed E-state index contributed by atoms with van der Waals surface area (Å²) in [5.74, 6) is 0.761. The standard InChI is InChI=1S/C11H24N2O/c1-10(2)14-7-6-13-5-4-12-8-11(3)9-13/h10-12H,4-9H2,1-3H3. The van der Waals surface area contributed by atoms with Crippen molar-refractivity contribution in [1.29, 1.82) is 0 Å². The van der Waals surface area contributed by atoms with Crippen LogP contribution < -0.4 is 5.32 Å². The summed E-state index contributed by atoms with van der Waals surface area (Å²) in [6.07, 6.45) is 0.359. The lowest BCUT2D eigenvalue weighted by Gasteiger charge is -2.22. The monoisotopic (exact) mass is 200 g/mol. The molecule has 0 aromatic heterocycles. The van der Waals surface area contributed by atoms with Gasteiger partial charge in [-0.25, -0.2) is 0 Å². The topological polar surface area (TPSA) is 24.5 Å². The van der Waals surface area contributed by atoms with Gasteiger partial charge in [0.25, 0.3) is 0 Å². The van der Waals surface area contributed by atoms with Crippen molar-refractivity contribution in [2.24, 2.45) is 5.92 Å². The molecule has 84 valence electrons. The van der Waals surface area contributed by atoms with Gasteiger partial charge in [-0.1, -0.05) is 6.92 Å². The van der Waals surface area contributed by atoms with Crippen molar-refractivity contribution in [2.75, 3.05) is 39.3 Å². The van der Waals surface area contributed by atoms with Gasteiger partial charge < -0.3 is 10.1 Å². The third kappa shape index (κ3) is 4.94. The Hall–Kier alpha value is -0.120. The third-order valence-electron chi connectivity index (χ3n) is 2.53. The van der Waals surface area contributed by atoms with E-state index in [1.165, 1.54) is 6.54 Å². The number of ether oxygens (including phenoxy) is 1. The minimum Gasteiger partial charge on any atom is -0.377 e. The molecular weight excluding hydrogens is 176 g/mol. The highest BCUT2D eigenvalue weighted by molar-refractivity contribution is 4.70. The van der Waals surface area contributed by atoms with Crippen molar-refractivity contribution in [3.05, 3.63) is 0 Å². The van der Waals surface area contributed by atoms with E-state index in [1.54, 1.807) is 0 Å². The molecule has 3 heteroatoms. The van der Waals surface area contributed by atoms with Crippen molar-refractivity contribution in [1.82, 2.24) is 10.2 Å². The summed E-state index contributed by atoms with van der Waals surface area (Å²) in [4.78, 5) is 2.49. The van der Waals surface area contributed by atoms with E-state index in [0.717, 1.165) is 38.7 Å². The molecule has 0 aromatic rings. The maximum Gasteiger partial charge on any atom is 0.0596 e. The van der Waals surface area contributed by atoms with Crippen molar-refractivity contribution in [2.45, 2.75) is 26.9 Å². The molecule has 1 heterocycles. The molecule has 1 rings (SSSR count). The predicted molar refractivity (Wildman–Crippen MR) is 59.6 cm³/mol. The van der Waals surface area contributed by atoms with Crippen LogP contribution in [-0.4, -0.2) is 50.3 Å². The van der Waals surface area contributed by atoms with E-state index >= 15 is 0 Å². The molecule has 1 saturated heterocycles. The number of hydrogen-bond acceptors (Lipinski definition) is 3. The Labute approximate surface area is 87.8 Å². The van der Waals surface area contributed by atoms with Gasteiger partial charge in [-0.2, -0.15) is 0 Å². The predicted octanol–water partition coefficient (Wildman–Crippen LogP) is 0.953. The molecule has 1 aliphatic heterocycles. The molecule has 0 aromatic carbocycles. The fourth-order valence-electron chi connectivity index (χ4n) is 1.80. The fraction of sp³-hybridized carbons (Fsp3) is 1.00. The fourth-order valence-corrected chi connectivity index (χ4v) is 1.80. The minimum absolute atomic E-state index is 0.359. The Bertz CT molecular complexity index is 150. The van der Waals surface area contributed by atoms with E-state index in [2.05, 4.69) is 31.0 Å². The zero-order chi connectivity index (χ0) is 10.4.